The lowest BCUT2D eigenvalue weighted by Gasteiger charge is -2.30. The molecular weight excluding hydrogens is 412 g/mol. The summed E-state index contributed by atoms with van der Waals surface area (Å²) < 4.78 is 5.46. The van der Waals surface area contributed by atoms with Gasteiger partial charge in [0.1, 0.15) is 5.75 Å². The van der Waals surface area contributed by atoms with Crippen LogP contribution in [0.3, 0.4) is 0 Å². The van der Waals surface area contributed by atoms with Crippen molar-refractivity contribution in [1.82, 2.24) is 4.90 Å². The molecule has 5 nitrogen and oxygen atoms in total. The second-order valence-corrected chi connectivity index (χ2v) is 8.33. The predicted molar refractivity (Wildman–Crippen MR) is 132 cm³/mol. The van der Waals surface area contributed by atoms with Gasteiger partial charge in [0.25, 0.3) is 0 Å². The molecule has 3 aromatic rings. The lowest BCUT2D eigenvalue weighted by Crippen LogP contribution is -2.40. The highest BCUT2D eigenvalue weighted by Crippen LogP contribution is 2.28. The van der Waals surface area contributed by atoms with Gasteiger partial charge in [0.05, 0.1) is 13.2 Å². The highest BCUT2D eigenvalue weighted by Gasteiger charge is 2.26. The highest BCUT2D eigenvalue weighted by atomic mass is 16.5. The van der Waals surface area contributed by atoms with Crippen LogP contribution in [0.25, 0.3) is 11.1 Å². The van der Waals surface area contributed by atoms with Crippen molar-refractivity contribution in [2.75, 3.05) is 31.6 Å². The fourth-order valence-electron chi connectivity index (χ4n) is 4.33. The van der Waals surface area contributed by atoms with Crippen LogP contribution in [-0.2, 0) is 4.79 Å². The maximum atomic E-state index is 12.9. The lowest BCUT2D eigenvalue weighted by atomic mass is 9.89. The molecule has 0 bridgehead atoms. The molecule has 0 radical (unpaired) electrons. The third-order valence-corrected chi connectivity index (χ3v) is 6.06. The summed E-state index contributed by atoms with van der Waals surface area (Å²) in [5.74, 6) is 0.929. The quantitative estimate of drug-likeness (QED) is 0.482. The van der Waals surface area contributed by atoms with Crippen molar-refractivity contribution in [3.05, 3.63) is 84.4 Å². The molecule has 0 aromatic heterocycles. The van der Waals surface area contributed by atoms with Crippen LogP contribution in [0.5, 0.6) is 5.75 Å². The van der Waals surface area contributed by atoms with Crippen molar-refractivity contribution in [1.29, 1.82) is 0 Å². The molecular formula is C28H30N2O3. The van der Waals surface area contributed by atoms with Crippen molar-refractivity contribution in [3.8, 4) is 16.9 Å². The summed E-state index contributed by atoms with van der Waals surface area (Å²) in [5.41, 5.74) is 3.62. The standard InChI is InChI=1S/C28H30N2O3/c1-2-33-24-14-12-22(13-15-24)28(32)23-16-18-30(19-17-23)20-27(31)29-26-11-7-6-10-25(26)21-8-4-3-5-9-21/h3-15,23H,2,16-20H2,1H3,(H,29,31). The van der Waals surface area contributed by atoms with E-state index in [2.05, 4.69) is 10.2 Å². The second-order valence-electron chi connectivity index (χ2n) is 8.33. The lowest BCUT2D eigenvalue weighted by molar-refractivity contribution is -0.117. The third-order valence-electron chi connectivity index (χ3n) is 6.06. The summed E-state index contributed by atoms with van der Waals surface area (Å²) in [6.07, 6.45) is 1.53. The first-order valence-electron chi connectivity index (χ1n) is 11.6. The number of rotatable bonds is 8. The number of piperidine rings is 1. The summed E-state index contributed by atoms with van der Waals surface area (Å²) >= 11 is 0. The molecule has 1 heterocycles. The minimum absolute atomic E-state index is 0.000983. The molecule has 1 amide bonds. The Hall–Kier alpha value is -3.44. The number of ether oxygens (including phenoxy) is 1. The summed E-state index contributed by atoms with van der Waals surface area (Å²) in [6.45, 7) is 4.35. The van der Waals surface area contributed by atoms with E-state index in [1.807, 2.05) is 85.8 Å². The number of carbonyl (C=O) groups excluding carboxylic acids is 2. The third kappa shape index (κ3) is 5.88. The monoisotopic (exact) mass is 442 g/mol. The Bertz CT molecular complexity index is 1070. The van der Waals surface area contributed by atoms with Gasteiger partial charge in [-0.1, -0.05) is 48.5 Å². The molecule has 1 fully saturated rings. The molecule has 0 saturated carbocycles. The van der Waals surface area contributed by atoms with Crippen LogP contribution in [-0.4, -0.2) is 42.8 Å². The summed E-state index contributed by atoms with van der Waals surface area (Å²) in [4.78, 5) is 27.8. The largest absolute Gasteiger partial charge is 0.494 e. The maximum Gasteiger partial charge on any atom is 0.238 e. The molecule has 0 atom stereocenters. The molecule has 1 aliphatic heterocycles. The van der Waals surface area contributed by atoms with E-state index in [0.29, 0.717) is 13.2 Å². The number of carbonyl (C=O) groups is 2. The normalized spacial score (nSPS) is 14.6. The van der Waals surface area contributed by atoms with Crippen LogP contribution in [0, 0.1) is 5.92 Å². The minimum Gasteiger partial charge on any atom is -0.494 e. The van der Waals surface area contributed by atoms with E-state index in [1.165, 1.54) is 0 Å². The molecule has 0 spiro atoms. The fraction of sp³-hybridized carbons (Fsp3) is 0.286. The van der Waals surface area contributed by atoms with E-state index in [0.717, 1.165) is 54.1 Å². The van der Waals surface area contributed by atoms with Gasteiger partial charge in [-0.25, -0.2) is 0 Å². The Kier molecular flexibility index (Phi) is 7.53. The SMILES string of the molecule is CCOc1ccc(C(=O)C2CCN(CC(=O)Nc3ccccc3-c3ccccc3)CC2)cc1. The van der Waals surface area contributed by atoms with Crippen molar-refractivity contribution in [2.45, 2.75) is 19.8 Å². The number of ketones is 1. The molecule has 5 heteroatoms. The molecule has 1 N–H and O–H groups in total. The number of amides is 1. The molecule has 1 aliphatic rings. The van der Waals surface area contributed by atoms with E-state index in [1.54, 1.807) is 0 Å². The van der Waals surface area contributed by atoms with Crippen LogP contribution in [0.1, 0.15) is 30.1 Å². The average molecular weight is 443 g/mol. The molecule has 0 unspecified atom stereocenters. The van der Waals surface area contributed by atoms with Crippen molar-refractivity contribution in [2.24, 2.45) is 5.92 Å². The van der Waals surface area contributed by atoms with Gasteiger partial charge in [0, 0.05) is 22.7 Å². The number of hydrogen-bond donors (Lipinski definition) is 1. The van der Waals surface area contributed by atoms with Gasteiger partial charge in [-0.15, -0.1) is 0 Å². The van der Waals surface area contributed by atoms with Gasteiger partial charge in [0.15, 0.2) is 5.78 Å². The first kappa shape index (κ1) is 22.7. The van der Waals surface area contributed by atoms with Crippen molar-refractivity contribution < 1.29 is 14.3 Å². The Morgan fingerprint density at radius 3 is 2.27 bits per heavy atom. The Morgan fingerprint density at radius 1 is 0.909 bits per heavy atom. The zero-order valence-electron chi connectivity index (χ0n) is 19.0. The van der Waals surface area contributed by atoms with Crippen LogP contribution in [0.2, 0.25) is 0 Å². The van der Waals surface area contributed by atoms with Gasteiger partial charge >= 0.3 is 0 Å². The van der Waals surface area contributed by atoms with Gasteiger partial charge in [-0.05, 0) is 68.8 Å². The molecule has 33 heavy (non-hydrogen) atoms. The second kappa shape index (κ2) is 10.9. The maximum absolute atomic E-state index is 12.9. The number of para-hydroxylation sites is 1. The number of anilines is 1. The number of likely N-dealkylation sites (tertiary alicyclic amines) is 1. The Labute approximate surface area is 195 Å². The predicted octanol–water partition coefficient (Wildman–Crippen LogP) is 5.29. The molecule has 3 aromatic carbocycles. The van der Waals surface area contributed by atoms with Crippen LogP contribution in [0.15, 0.2) is 78.9 Å². The number of hydrogen-bond acceptors (Lipinski definition) is 4. The topological polar surface area (TPSA) is 58.6 Å². The molecule has 170 valence electrons. The van der Waals surface area contributed by atoms with Crippen LogP contribution >= 0.6 is 0 Å². The Balaban J connectivity index is 1.30. The van der Waals surface area contributed by atoms with Gasteiger partial charge in [-0.3, -0.25) is 14.5 Å². The zero-order chi connectivity index (χ0) is 23.0. The Morgan fingerprint density at radius 2 is 1.58 bits per heavy atom. The van der Waals surface area contributed by atoms with Crippen molar-refractivity contribution in [3.63, 3.8) is 0 Å². The van der Waals surface area contributed by atoms with Gasteiger partial charge in [0.2, 0.25) is 5.91 Å². The van der Waals surface area contributed by atoms with E-state index in [9.17, 15) is 9.59 Å². The van der Waals surface area contributed by atoms with Crippen molar-refractivity contribution >= 4 is 17.4 Å². The van der Waals surface area contributed by atoms with E-state index in [-0.39, 0.29) is 17.6 Å². The van der Waals surface area contributed by atoms with E-state index < -0.39 is 0 Å². The number of nitrogens with one attached hydrogen (secondary N) is 1. The molecule has 0 aliphatic carbocycles. The first-order valence-corrected chi connectivity index (χ1v) is 11.6. The molecule has 1 saturated heterocycles. The van der Waals surface area contributed by atoms with E-state index >= 15 is 0 Å². The van der Waals surface area contributed by atoms with Crippen LogP contribution in [0.4, 0.5) is 5.69 Å². The summed E-state index contributed by atoms with van der Waals surface area (Å²) in [7, 11) is 0. The highest BCUT2D eigenvalue weighted by molar-refractivity contribution is 5.98. The number of benzene rings is 3. The molecule has 4 rings (SSSR count). The summed E-state index contributed by atoms with van der Waals surface area (Å²) in [6, 6.07) is 25.3. The summed E-state index contributed by atoms with van der Waals surface area (Å²) in [5, 5.41) is 3.07. The number of nitrogens with zero attached hydrogens (tertiary/aromatic N) is 1. The first-order chi connectivity index (χ1) is 16.1. The zero-order valence-corrected chi connectivity index (χ0v) is 19.0. The van der Waals surface area contributed by atoms with E-state index in [4.69, 9.17) is 4.74 Å². The minimum atomic E-state index is -0.0327. The number of Topliss-reactive ketones (excluding diaryl/α,β-unsaturated/α-hetero) is 1. The average Bonchev–Trinajstić information content (AvgIpc) is 2.86. The van der Waals surface area contributed by atoms with Crippen LogP contribution < -0.4 is 10.1 Å². The smallest absolute Gasteiger partial charge is 0.238 e. The van der Waals surface area contributed by atoms with Gasteiger partial charge in [-0.2, -0.15) is 0 Å². The fourth-order valence-corrected chi connectivity index (χ4v) is 4.33. The van der Waals surface area contributed by atoms with Gasteiger partial charge < -0.3 is 10.1 Å².